The maximum absolute atomic E-state index is 12.6. The minimum Gasteiger partial charge on any atom is -0.469 e. The average molecular weight is 391 g/mol. The molecule has 1 aliphatic heterocycles. The van der Waals surface area contributed by atoms with E-state index in [1.807, 2.05) is 4.90 Å². The van der Waals surface area contributed by atoms with Crippen LogP contribution >= 0.6 is 12.2 Å². The van der Waals surface area contributed by atoms with Crippen LogP contribution in [0.5, 0.6) is 0 Å². The molecule has 1 aromatic rings. The van der Waals surface area contributed by atoms with E-state index in [0.29, 0.717) is 11.3 Å². The van der Waals surface area contributed by atoms with Gasteiger partial charge in [-0.05, 0) is 49.3 Å². The van der Waals surface area contributed by atoms with Gasteiger partial charge in [0.1, 0.15) is 0 Å². The van der Waals surface area contributed by atoms with E-state index >= 15 is 0 Å². The normalized spacial score (nSPS) is 14.0. The minimum atomic E-state index is -0.450. The van der Waals surface area contributed by atoms with Crippen molar-refractivity contribution >= 4 is 40.8 Å². The first-order valence-corrected chi connectivity index (χ1v) is 9.47. The number of esters is 1. The Hall–Kier alpha value is -2.48. The summed E-state index contributed by atoms with van der Waals surface area (Å²) < 4.78 is 4.48. The molecule has 7 nitrogen and oxygen atoms in total. The highest BCUT2D eigenvalue weighted by atomic mass is 32.1. The SMILES string of the molecule is COC(=O)CCC(=O)NC(=S)Nc1ccc(C(=O)N2CCCCCC2)cc1. The van der Waals surface area contributed by atoms with Crippen molar-refractivity contribution < 1.29 is 19.1 Å². The fourth-order valence-electron chi connectivity index (χ4n) is 2.82. The van der Waals surface area contributed by atoms with Crippen molar-refractivity contribution in [2.45, 2.75) is 38.5 Å². The summed E-state index contributed by atoms with van der Waals surface area (Å²) in [5.74, 6) is -0.776. The van der Waals surface area contributed by atoms with Gasteiger partial charge in [0.05, 0.1) is 13.5 Å². The van der Waals surface area contributed by atoms with E-state index in [1.54, 1.807) is 24.3 Å². The lowest BCUT2D eigenvalue weighted by Crippen LogP contribution is -2.34. The number of methoxy groups -OCH3 is 1. The van der Waals surface area contributed by atoms with Crippen LogP contribution in [-0.2, 0) is 14.3 Å². The van der Waals surface area contributed by atoms with Crippen LogP contribution in [0.1, 0.15) is 48.9 Å². The monoisotopic (exact) mass is 391 g/mol. The van der Waals surface area contributed by atoms with Gasteiger partial charge in [-0.2, -0.15) is 0 Å². The molecule has 0 atom stereocenters. The van der Waals surface area contributed by atoms with Gasteiger partial charge < -0.3 is 20.3 Å². The number of rotatable bonds is 5. The molecule has 146 valence electrons. The van der Waals surface area contributed by atoms with Crippen LogP contribution in [0, 0.1) is 0 Å². The van der Waals surface area contributed by atoms with E-state index in [9.17, 15) is 14.4 Å². The molecule has 8 heteroatoms. The second-order valence-corrected chi connectivity index (χ2v) is 6.77. The number of likely N-dealkylation sites (tertiary alicyclic amines) is 1. The maximum atomic E-state index is 12.6. The number of amides is 2. The molecule has 1 aromatic carbocycles. The number of nitrogens with one attached hydrogen (secondary N) is 2. The Morgan fingerprint density at radius 3 is 2.26 bits per heavy atom. The highest BCUT2D eigenvalue weighted by Gasteiger charge is 2.17. The number of nitrogens with zero attached hydrogens (tertiary/aromatic N) is 1. The zero-order valence-electron chi connectivity index (χ0n) is 15.5. The van der Waals surface area contributed by atoms with Crippen LogP contribution in [0.4, 0.5) is 5.69 Å². The van der Waals surface area contributed by atoms with E-state index < -0.39 is 5.97 Å². The van der Waals surface area contributed by atoms with E-state index in [4.69, 9.17) is 12.2 Å². The first-order valence-electron chi connectivity index (χ1n) is 9.06. The lowest BCUT2D eigenvalue weighted by atomic mass is 10.1. The summed E-state index contributed by atoms with van der Waals surface area (Å²) in [6, 6.07) is 6.99. The third-order valence-corrected chi connectivity index (χ3v) is 4.52. The molecule has 0 aromatic heterocycles. The Morgan fingerprint density at radius 1 is 1.04 bits per heavy atom. The van der Waals surface area contributed by atoms with Gasteiger partial charge in [-0.1, -0.05) is 12.8 Å². The lowest BCUT2D eigenvalue weighted by Gasteiger charge is -2.20. The van der Waals surface area contributed by atoms with E-state index in [0.717, 1.165) is 25.9 Å². The molecule has 0 bridgehead atoms. The summed E-state index contributed by atoms with van der Waals surface area (Å²) in [4.78, 5) is 37.2. The molecule has 27 heavy (non-hydrogen) atoms. The quantitative estimate of drug-likeness (QED) is 0.592. The predicted octanol–water partition coefficient (Wildman–Crippen LogP) is 2.47. The molecule has 0 radical (unpaired) electrons. The summed E-state index contributed by atoms with van der Waals surface area (Å²) in [5.41, 5.74) is 1.30. The van der Waals surface area contributed by atoms with Gasteiger partial charge in [0, 0.05) is 30.8 Å². The van der Waals surface area contributed by atoms with E-state index in [2.05, 4.69) is 15.4 Å². The number of hydrogen-bond donors (Lipinski definition) is 2. The number of ether oxygens (including phenoxy) is 1. The predicted molar refractivity (Wildman–Crippen MR) is 106 cm³/mol. The molecular weight excluding hydrogens is 366 g/mol. The molecule has 2 N–H and O–H groups in total. The number of hydrogen-bond acceptors (Lipinski definition) is 5. The number of carbonyl (C=O) groups is 3. The van der Waals surface area contributed by atoms with Crippen LogP contribution in [0.25, 0.3) is 0 Å². The molecule has 0 saturated carbocycles. The number of carbonyl (C=O) groups excluding carboxylic acids is 3. The second-order valence-electron chi connectivity index (χ2n) is 6.36. The van der Waals surface area contributed by atoms with Crippen molar-refractivity contribution in [3.05, 3.63) is 29.8 Å². The third kappa shape index (κ3) is 6.97. The zero-order valence-corrected chi connectivity index (χ0v) is 16.3. The highest BCUT2D eigenvalue weighted by Crippen LogP contribution is 2.15. The molecule has 1 heterocycles. The van der Waals surface area contributed by atoms with Crippen molar-refractivity contribution in [2.24, 2.45) is 0 Å². The summed E-state index contributed by atoms with van der Waals surface area (Å²) in [5, 5.41) is 5.53. The minimum absolute atomic E-state index is 0.00173. The summed E-state index contributed by atoms with van der Waals surface area (Å²) in [6.07, 6.45) is 4.45. The molecule has 0 unspecified atom stereocenters. The van der Waals surface area contributed by atoms with Gasteiger partial charge in [0.2, 0.25) is 5.91 Å². The first kappa shape index (κ1) is 20.8. The van der Waals surface area contributed by atoms with Gasteiger partial charge >= 0.3 is 5.97 Å². The van der Waals surface area contributed by atoms with Crippen LogP contribution < -0.4 is 10.6 Å². The topological polar surface area (TPSA) is 87.7 Å². The van der Waals surface area contributed by atoms with Gasteiger partial charge in [-0.15, -0.1) is 0 Å². The smallest absolute Gasteiger partial charge is 0.306 e. The van der Waals surface area contributed by atoms with Crippen molar-refractivity contribution in [1.82, 2.24) is 10.2 Å². The Bertz CT molecular complexity index is 683. The lowest BCUT2D eigenvalue weighted by molar-refractivity contribution is -0.142. The molecule has 2 rings (SSSR count). The Morgan fingerprint density at radius 2 is 1.67 bits per heavy atom. The van der Waals surface area contributed by atoms with Crippen molar-refractivity contribution in [1.29, 1.82) is 0 Å². The number of anilines is 1. The van der Waals surface area contributed by atoms with Crippen LogP contribution in [0.3, 0.4) is 0 Å². The molecule has 0 aliphatic carbocycles. The van der Waals surface area contributed by atoms with Crippen LogP contribution in [-0.4, -0.2) is 48.0 Å². The Kier molecular flexibility index (Phi) is 8.19. The fourth-order valence-corrected chi connectivity index (χ4v) is 3.05. The zero-order chi connectivity index (χ0) is 19.6. The van der Waals surface area contributed by atoms with E-state index in [1.165, 1.54) is 20.0 Å². The standard InChI is InChI=1S/C19H25N3O4S/c1-26-17(24)11-10-16(23)21-19(27)20-15-8-6-14(7-9-15)18(25)22-12-4-2-3-5-13-22/h6-9H,2-5,10-13H2,1H3,(H2,20,21,23,27). The molecule has 1 saturated heterocycles. The second kappa shape index (κ2) is 10.6. The number of thiocarbonyl (C=S) groups is 1. The average Bonchev–Trinajstić information content (AvgIpc) is 2.95. The van der Waals surface area contributed by atoms with Crippen LogP contribution in [0.2, 0.25) is 0 Å². The van der Waals surface area contributed by atoms with Crippen molar-refractivity contribution in [2.75, 3.05) is 25.5 Å². The van der Waals surface area contributed by atoms with Gasteiger partial charge in [0.25, 0.3) is 5.91 Å². The molecule has 2 amide bonds. The Balaban J connectivity index is 1.83. The molecule has 1 fully saturated rings. The largest absolute Gasteiger partial charge is 0.469 e. The Labute approximate surface area is 164 Å². The van der Waals surface area contributed by atoms with Crippen molar-refractivity contribution in [3.63, 3.8) is 0 Å². The fraction of sp³-hybridized carbons (Fsp3) is 0.474. The summed E-state index contributed by atoms with van der Waals surface area (Å²) in [7, 11) is 1.27. The summed E-state index contributed by atoms with van der Waals surface area (Å²) >= 11 is 5.09. The molecule has 0 spiro atoms. The first-order chi connectivity index (χ1) is 13.0. The third-order valence-electron chi connectivity index (χ3n) is 4.32. The molecular formula is C19H25N3O4S. The van der Waals surface area contributed by atoms with Gasteiger partial charge in [-0.25, -0.2) is 0 Å². The van der Waals surface area contributed by atoms with Gasteiger partial charge in [0.15, 0.2) is 5.11 Å². The summed E-state index contributed by atoms with van der Waals surface area (Å²) in [6.45, 7) is 1.61. The van der Waals surface area contributed by atoms with E-state index in [-0.39, 0.29) is 29.8 Å². The molecule has 1 aliphatic rings. The van der Waals surface area contributed by atoms with Crippen LogP contribution in [0.15, 0.2) is 24.3 Å². The number of benzene rings is 1. The van der Waals surface area contributed by atoms with Gasteiger partial charge in [-0.3, -0.25) is 14.4 Å². The maximum Gasteiger partial charge on any atom is 0.306 e. The van der Waals surface area contributed by atoms with Crippen molar-refractivity contribution in [3.8, 4) is 0 Å². The highest BCUT2D eigenvalue weighted by molar-refractivity contribution is 7.80.